The largest absolute Gasteiger partial charge is 0.475 e. The molecule has 2 aliphatic heterocycles. The number of amides is 1. The van der Waals surface area contributed by atoms with E-state index in [1.54, 1.807) is 35.4 Å². The molecule has 2 aliphatic rings. The van der Waals surface area contributed by atoms with E-state index < -0.39 is 11.4 Å². The van der Waals surface area contributed by atoms with Crippen LogP contribution in [0.3, 0.4) is 0 Å². The molecule has 4 aromatic rings. The second-order valence-corrected chi connectivity index (χ2v) is 13.8. The van der Waals surface area contributed by atoms with E-state index in [9.17, 15) is 10.1 Å². The van der Waals surface area contributed by atoms with Gasteiger partial charge < -0.3 is 19.3 Å². The number of hydrogen-bond acceptors (Lipinski definition) is 7. The minimum absolute atomic E-state index is 0.0258. The van der Waals surface area contributed by atoms with Gasteiger partial charge >= 0.3 is 6.09 Å². The van der Waals surface area contributed by atoms with Gasteiger partial charge in [0, 0.05) is 35.6 Å². The average Bonchev–Trinajstić information content (AvgIpc) is 3.69. The summed E-state index contributed by atoms with van der Waals surface area (Å²) in [7, 11) is 2.09. The van der Waals surface area contributed by atoms with Crippen LogP contribution in [0.2, 0.25) is 0 Å². The third-order valence-electron chi connectivity index (χ3n) is 9.37. The highest BCUT2D eigenvalue weighted by atomic mass is 19.1. The van der Waals surface area contributed by atoms with Crippen LogP contribution in [0.5, 0.6) is 5.88 Å². The SMILES string of the molecule is C=C/C=C\c1cccc(-c2c(C)cc3c(nc(OCC4CCCN4C)c4cnn(C5CCN(C(=O)OC(C)(C)C)CC5)c43)c2F)c1C#N. The number of pyridine rings is 1. The van der Waals surface area contributed by atoms with E-state index in [0.29, 0.717) is 71.6 Å². The number of fused-ring (bicyclic) bond motifs is 3. The van der Waals surface area contributed by atoms with Crippen LogP contribution in [0.25, 0.3) is 39.0 Å². The first-order valence-corrected chi connectivity index (χ1v) is 16.6. The first kappa shape index (κ1) is 33.2. The number of benzene rings is 2. The predicted octanol–water partition coefficient (Wildman–Crippen LogP) is 7.81. The molecule has 2 aromatic heterocycles. The quantitative estimate of drug-likeness (QED) is 0.188. The Morgan fingerprint density at radius 2 is 1.96 bits per heavy atom. The van der Waals surface area contributed by atoms with Crippen molar-refractivity contribution in [3.8, 4) is 23.1 Å². The minimum Gasteiger partial charge on any atom is -0.475 e. The van der Waals surface area contributed by atoms with Crippen LogP contribution in [-0.4, -0.2) is 75.6 Å². The second kappa shape index (κ2) is 13.4. The summed E-state index contributed by atoms with van der Waals surface area (Å²) < 4.78 is 31.0. The van der Waals surface area contributed by atoms with E-state index in [2.05, 4.69) is 24.6 Å². The van der Waals surface area contributed by atoms with Crippen molar-refractivity contribution in [1.82, 2.24) is 24.6 Å². The Bertz CT molecular complexity index is 1940. The Morgan fingerprint density at radius 3 is 2.62 bits per heavy atom. The number of allylic oxidation sites excluding steroid dienone is 2. The van der Waals surface area contributed by atoms with E-state index in [4.69, 9.17) is 19.6 Å². The van der Waals surface area contributed by atoms with Gasteiger partial charge in [-0.05, 0) is 84.2 Å². The molecule has 4 heterocycles. The summed E-state index contributed by atoms with van der Waals surface area (Å²) in [5.41, 5.74) is 2.92. The van der Waals surface area contributed by atoms with Gasteiger partial charge in [0.2, 0.25) is 5.88 Å². The number of aromatic nitrogens is 3. The number of hydrogen-bond donors (Lipinski definition) is 0. The maximum absolute atomic E-state index is 17.0. The lowest BCUT2D eigenvalue weighted by Gasteiger charge is -2.33. The Labute approximate surface area is 281 Å². The fourth-order valence-electron chi connectivity index (χ4n) is 6.92. The molecule has 1 atom stereocenters. The van der Waals surface area contributed by atoms with Crippen LogP contribution >= 0.6 is 0 Å². The summed E-state index contributed by atoms with van der Waals surface area (Å²) in [5.74, 6) is -0.171. The van der Waals surface area contributed by atoms with Gasteiger partial charge in [-0.25, -0.2) is 14.2 Å². The van der Waals surface area contributed by atoms with Gasteiger partial charge in [0.05, 0.1) is 28.7 Å². The zero-order chi connectivity index (χ0) is 34.2. The van der Waals surface area contributed by atoms with E-state index in [1.807, 2.05) is 50.6 Å². The minimum atomic E-state index is -0.569. The zero-order valence-electron chi connectivity index (χ0n) is 28.4. The average molecular weight is 651 g/mol. The third kappa shape index (κ3) is 6.39. The normalized spacial score (nSPS) is 17.8. The molecule has 9 nitrogen and oxygen atoms in total. The molecule has 6 rings (SSSR count). The summed E-state index contributed by atoms with van der Waals surface area (Å²) in [6, 6.07) is 9.88. The van der Waals surface area contributed by atoms with Crippen LogP contribution in [0.4, 0.5) is 9.18 Å². The lowest BCUT2D eigenvalue weighted by molar-refractivity contribution is 0.0186. The van der Waals surface area contributed by atoms with Crippen LogP contribution in [-0.2, 0) is 4.74 Å². The Hall–Kier alpha value is -4.75. The molecule has 2 fully saturated rings. The van der Waals surface area contributed by atoms with Crippen LogP contribution in [0.1, 0.15) is 69.2 Å². The van der Waals surface area contributed by atoms with Crippen molar-refractivity contribution in [2.45, 2.75) is 71.1 Å². The van der Waals surface area contributed by atoms with Gasteiger partial charge in [0.15, 0.2) is 5.82 Å². The molecule has 0 N–H and O–H groups in total. The van der Waals surface area contributed by atoms with Crippen LogP contribution < -0.4 is 4.74 Å². The molecule has 10 heteroatoms. The molecular weight excluding hydrogens is 607 g/mol. The Kier molecular flexibility index (Phi) is 9.26. The number of nitrogens with zero attached hydrogens (tertiary/aromatic N) is 6. The van der Waals surface area contributed by atoms with Crippen molar-refractivity contribution in [2.75, 3.05) is 33.3 Å². The number of rotatable bonds is 7. The number of piperidine rings is 1. The zero-order valence-corrected chi connectivity index (χ0v) is 28.4. The van der Waals surface area contributed by atoms with E-state index in [-0.39, 0.29) is 23.7 Å². The standard InChI is InChI=1S/C38H43FN6O3/c1-7-8-11-25-12-9-14-28(30(25)21-40)32-24(2)20-29-34(33(32)39)42-36(47-23-27-13-10-17-43(27)6)31-22-41-45(35(29)31)26-15-18-44(19-16-26)37(46)48-38(3,4)5/h7-9,11-12,14,20,22,26-27H,1,10,13,15-19,23H2,2-6H3/b11-8-. The van der Waals surface area contributed by atoms with Gasteiger partial charge in [0.25, 0.3) is 0 Å². The molecule has 0 radical (unpaired) electrons. The molecule has 0 aliphatic carbocycles. The van der Waals surface area contributed by atoms with Crippen LogP contribution in [0, 0.1) is 24.1 Å². The number of aryl methyl sites for hydroxylation is 1. The van der Waals surface area contributed by atoms with Crippen molar-refractivity contribution in [3.05, 3.63) is 71.7 Å². The Balaban J connectivity index is 1.47. The highest BCUT2D eigenvalue weighted by Crippen LogP contribution is 2.41. The van der Waals surface area contributed by atoms with Gasteiger partial charge in [-0.15, -0.1) is 0 Å². The second-order valence-electron chi connectivity index (χ2n) is 13.8. The number of halogens is 1. The number of nitriles is 1. The molecule has 2 saturated heterocycles. The topological polar surface area (TPSA) is 96.5 Å². The summed E-state index contributed by atoms with van der Waals surface area (Å²) in [6.45, 7) is 13.7. The predicted molar refractivity (Wildman–Crippen MR) is 186 cm³/mol. The first-order chi connectivity index (χ1) is 23.0. The molecular formula is C38H43FN6O3. The van der Waals surface area contributed by atoms with E-state index in [1.165, 1.54) is 0 Å². The molecule has 1 amide bonds. The highest BCUT2D eigenvalue weighted by Gasteiger charge is 2.31. The molecule has 1 unspecified atom stereocenters. The summed E-state index contributed by atoms with van der Waals surface area (Å²) in [4.78, 5) is 21.6. The lowest BCUT2D eigenvalue weighted by Crippen LogP contribution is -2.42. The molecule has 0 spiro atoms. The molecule has 2 aromatic carbocycles. The lowest BCUT2D eigenvalue weighted by atomic mass is 9.91. The smallest absolute Gasteiger partial charge is 0.410 e. The molecule has 48 heavy (non-hydrogen) atoms. The van der Waals surface area contributed by atoms with Crippen molar-refractivity contribution >= 4 is 34.0 Å². The van der Waals surface area contributed by atoms with Crippen molar-refractivity contribution in [1.29, 1.82) is 5.26 Å². The highest BCUT2D eigenvalue weighted by molar-refractivity contribution is 6.07. The first-order valence-electron chi connectivity index (χ1n) is 16.6. The summed E-state index contributed by atoms with van der Waals surface area (Å²) in [5, 5.41) is 16.4. The van der Waals surface area contributed by atoms with Crippen molar-refractivity contribution in [2.24, 2.45) is 0 Å². The number of carbonyl (C=O) groups excluding carboxylic acids is 1. The number of likely N-dealkylation sites (tertiary alicyclic amines) is 2. The van der Waals surface area contributed by atoms with Gasteiger partial charge in [-0.1, -0.05) is 43.0 Å². The van der Waals surface area contributed by atoms with E-state index >= 15 is 4.39 Å². The van der Waals surface area contributed by atoms with Gasteiger partial charge in [0.1, 0.15) is 23.8 Å². The third-order valence-corrected chi connectivity index (χ3v) is 9.37. The van der Waals surface area contributed by atoms with Crippen LogP contribution in [0.15, 0.2) is 49.2 Å². The molecule has 0 bridgehead atoms. The molecule has 0 saturated carbocycles. The van der Waals surface area contributed by atoms with Crippen molar-refractivity contribution < 1.29 is 18.7 Å². The molecule has 250 valence electrons. The number of ether oxygens (including phenoxy) is 2. The van der Waals surface area contributed by atoms with Crippen molar-refractivity contribution in [3.63, 3.8) is 0 Å². The number of likely N-dealkylation sites (N-methyl/N-ethyl adjacent to an activating group) is 1. The van der Waals surface area contributed by atoms with Gasteiger partial charge in [-0.2, -0.15) is 10.4 Å². The summed E-state index contributed by atoms with van der Waals surface area (Å²) in [6.07, 6.45) is 10.1. The Morgan fingerprint density at radius 1 is 1.19 bits per heavy atom. The van der Waals surface area contributed by atoms with E-state index in [0.717, 1.165) is 30.3 Å². The maximum Gasteiger partial charge on any atom is 0.410 e. The summed E-state index contributed by atoms with van der Waals surface area (Å²) >= 11 is 0. The fraction of sp³-hybridized carbons (Fsp3) is 0.421. The number of carbonyl (C=O) groups is 1. The van der Waals surface area contributed by atoms with Gasteiger partial charge in [-0.3, -0.25) is 4.68 Å². The maximum atomic E-state index is 17.0. The monoisotopic (exact) mass is 650 g/mol. The fourth-order valence-corrected chi connectivity index (χ4v) is 6.92.